The molecule has 0 radical (unpaired) electrons. The topological polar surface area (TPSA) is 64.2 Å². The van der Waals surface area contributed by atoms with Crippen molar-refractivity contribution >= 4 is 11.6 Å². The van der Waals surface area contributed by atoms with E-state index in [1.54, 1.807) is 0 Å². The number of likely N-dealkylation sites (N-methyl/N-ethyl adjacent to an activating group) is 2. The Morgan fingerprint density at radius 2 is 1.15 bits per heavy atom. The minimum atomic E-state index is -0.0539. The Labute approximate surface area is 118 Å². The standard InChI is InChI=1S/C14H20N4O2/c1-3-15-9-11(17-5-6-17)14(20)10(16-4-2)12(13(9)19)18-7-8-18/h15-16H,3-8H2,1-2H3. The van der Waals surface area contributed by atoms with Gasteiger partial charge in [0.15, 0.2) is 0 Å². The molecular formula is C14H20N4O2. The van der Waals surface area contributed by atoms with Crippen molar-refractivity contribution < 1.29 is 9.59 Å². The molecule has 2 saturated heterocycles. The molecule has 0 aromatic rings. The first-order chi connectivity index (χ1) is 9.69. The number of ketones is 2. The second-order valence-corrected chi connectivity index (χ2v) is 5.14. The molecule has 0 unspecified atom stereocenters. The van der Waals surface area contributed by atoms with Crippen molar-refractivity contribution in [3.8, 4) is 0 Å². The molecular weight excluding hydrogens is 256 g/mol. The van der Waals surface area contributed by atoms with Crippen LogP contribution in [-0.2, 0) is 9.59 Å². The third kappa shape index (κ3) is 2.05. The third-order valence-corrected chi connectivity index (χ3v) is 3.59. The highest BCUT2D eigenvalue weighted by molar-refractivity contribution is 6.24. The highest BCUT2D eigenvalue weighted by Crippen LogP contribution is 2.31. The summed E-state index contributed by atoms with van der Waals surface area (Å²) in [7, 11) is 0. The fraction of sp³-hybridized carbons (Fsp3) is 0.571. The van der Waals surface area contributed by atoms with Crippen LogP contribution in [0.1, 0.15) is 13.8 Å². The van der Waals surface area contributed by atoms with Crippen molar-refractivity contribution in [1.29, 1.82) is 0 Å². The highest BCUT2D eigenvalue weighted by Gasteiger charge is 2.43. The average molecular weight is 276 g/mol. The Kier molecular flexibility index (Phi) is 3.16. The molecule has 0 atom stereocenters. The Balaban J connectivity index is 2.04. The first-order valence-electron chi connectivity index (χ1n) is 7.24. The van der Waals surface area contributed by atoms with E-state index in [1.807, 2.05) is 23.6 Å². The molecule has 2 aliphatic heterocycles. The van der Waals surface area contributed by atoms with Crippen LogP contribution >= 0.6 is 0 Å². The van der Waals surface area contributed by atoms with Gasteiger partial charge in [0.1, 0.15) is 22.8 Å². The van der Waals surface area contributed by atoms with Crippen LogP contribution < -0.4 is 10.6 Å². The molecule has 6 heteroatoms. The molecule has 3 rings (SSSR count). The molecule has 0 aromatic carbocycles. The zero-order valence-electron chi connectivity index (χ0n) is 12.0. The fourth-order valence-corrected chi connectivity index (χ4v) is 2.51. The van der Waals surface area contributed by atoms with Crippen LogP contribution in [0, 0.1) is 0 Å². The summed E-state index contributed by atoms with van der Waals surface area (Å²) in [6, 6.07) is 0. The molecule has 1 aliphatic carbocycles. The summed E-state index contributed by atoms with van der Waals surface area (Å²) in [6.45, 7) is 8.54. The van der Waals surface area contributed by atoms with E-state index < -0.39 is 0 Å². The number of hydrogen-bond acceptors (Lipinski definition) is 6. The number of nitrogens with one attached hydrogen (secondary N) is 2. The first-order valence-corrected chi connectivity index (χ1v) is 7.24. The summed E-state index contributed by atoms with van der Waals surface area (Å²) in [5.41, 5.74) is 2.02. The Morgan fingerprint density at radius 1 is 0.800 bits per heavy atom. The number of nitrogens with zero attached hydrogens (tertiary/aromatic N) is 2. The lowest BCUT2D eigenvalue weighted by atomic mass is 9.98. The number of carbonyl (C=O) groups is 2. The fourth-order valence-electron chi connectivity index (χ4n) is 2.51. The van der Waals surface area contributed by atoms with E-state index in [4.69, 9.17) is 0 Å². The smallest absolute Gasteiger partial charge is 0.229 e. The maximum atomic E-state index is 12.7. The van der Waals surface area contributed by atoms with Gasteiger partial charge in [-0.2, -0.15) is 0 Å². The largest absolute Gasteiger partial charge is 0.380 e. The monoisotopic (exact) mass is 276 g/mol. The van der Waals surface area contributed by atoms with Gasteiger partial charge < -0.3 is 20.4 Å². The van der Waals surface area contributed by atoms with E-state index in [1.165, 1.54) is 0 Å². The van der Waals surface area contributed by atoms with Gasteiger partial charge in [-0.05, 0) is 13.8 Å². The van der Waals surface area contributed by atoms with Crippen LogP contribution in [-0.4, -0.2) is 60.6 Å². The van der Waals surface area contributed by atoms with Gasteiger partial charge in [0, 0.05) is 39.3 Å². The minimum Gasteiger partial charge on any atom is -0.380 e. The lowest BCUT2D eigenvalue weighted by molar-refractivity contribution is -0.118. The van der Waals surface area contributed by atoms with Crippen molar-refractivity contribution in [2.45, 2.75) is 13.8 Å². The van der Waals surface area contributed by atoms with Gasteiger partial charge in [0.05, 0.1) is 0 Å². The Hall–Kier alpha value is -1.98. The lowest BCUT2D eigenvalue weighted by Crippen LogP contribution is -2.40. The van der Waals surface area contributed by atoms with E-state index in [0.717, 1.165) is 26.2 Å². The molecule has 0 bridgehead atoms. The minimum absolute atomic E-state index is 0.0539. The molecule has 2 N–H and O–H groups in total. The Morgan fingerprint density at radius 3 is 1.40 bits per heavy atom. The van der Waals surface area contributed by atoms with Gasteiger partial charge in [0.25, 0.3) is 0 Å². The predicted octanol–water partition coefficient (Wildman–Crippen LogP) is -0.588. The number of Topliss-reactive ketones (excluding diaryl/α,β-unsaturated/α-hetero) is 2. The lowest BCUT2D eigenvalue weighted by Gasteiger charge is -2.25. The zero-order valence-corrected chi connectivity index (χ0v) is 12.0. The van der Waals surface area contributed by atoms with Gasteiger partial charge in [0.2, 0.25) is 11.6 Å². The zero-order chi connectivity index (χ0) is 14.3. The van der Waals surface area contributed by atoms with Gasteiger partial charge in [-0.1, -0.05) is 0 Å². The van der Waals surface area contributed by atoms with Crippen LogP contribution in [0.3, 0.4) is 0 Å². The summed E-state index contributed by atoms with van der Waals surface area (Å²) < 4.78 is 0. The van der Waals surface area contributed by atoms with Gasteiger partial charge >= 0.3 is 0 Å². The summed E-state index contributed by atoms with van der Waals surface area (Å²) in [5, 5.41) is 6.18. The van der Waals surface area contributed by atoms with Gasteiger partial charge in [-0.25, -0.2) is 0 Å². The number of hydrogen-bond donors (Lipinski definition) is 2. The first kappa shape index (κ1) is 13.0. The van der Waals surface area contributed by atoms with E-state index in [-0.39, 0.29) is 11.6 Å². The predicted molar refractivity (Wildman–Crippen MR) is 74.6 cm³/mol. The molecule has 6 nitrogen and oxygen atoms in total. The summed E-state index contributed by atoms with van der Waals surface area (Å²) in [5.74, 6) is -0.108. The van der Waals surface area contributed by atoms with Crippen LogP contribution in [0.25, 0.3) is 0 Å². The van der Waals surface area contributed by atoms with Gasteiger partial charge in [-0.3, -0.25) is 9.59 Å². The second-order valence-electron chi connectivity index (χ2n) is 5.14. The maximum absolute atomic E-state index is 12.7. The van der Waals surface area contributed by atoms with Crippen LogP contribution in [0.2, 0.25) is 0 Å². The molecule has 108 valence electrons. The van der Waals surface area contributed by atoms with Crippen molar-refractivity contribution in [3.63, 3.8) is 0 Å². The van der Waals surface area contributed by atoms with Crippen molar-refractivity contribution in [2.75, 3.05) is 39.3 Å². The van der Waals surface area contributed by atoms with Crippen molar-refractivity contribution in [1.82, 2.24) is 20.4 Å². The van der Waals surface area contributed by atoms with Crippen molar-refractivity contribution in [3.05, 3.63) is 22.8 Å². The second kappa shape index (κ2) is 4.85. The quantitative estimate of drug-likeness (QED) is 0.499. The normalized spacial score (nSPS) is 21.7. The molecule has 0 amide bonds. The molecule has 3 aliphatic rings. The van der Waals surface area contributed by atoms with Gasteiger partial charge in [-0.15, -0.1) is 0 Å². The van der Waals surface area contributed by atoms with E-state index in [2.05, 4.69) is 10.6 Å². The number of rotatable bonds is 6. The van der Waals surface area contributed by atoms with Crippen LogP contribution in [0.5, 0.6) is 0 Å². The molecule has 2 heterocycles. The molecule has 20 heavy (non-hydrogen) atoms. The maximum Gasteiger partial charge on any atom is 0.229 e. The van der Waals surface area contributed by atoms with E-state index in [9.17, 15) is 9.59 Å². The molecule has 0 spiro atoms. The van der Waals surface area contributed by atoms with Crippen LogP contribution in [0.15, 0.2) is 22.8 Å². The van der Waals surface area contributed by atoms with E-state index in [0.29, 0.717) is 35.9 Å². The third-order valence-electron chi connectivity index (χ3n) is 3.59. The summed E-state index contributed by atoms with van der Waals surface area (Å²) >= 11 is 0. The summed E-state index contributed by atoms with van der Waals surface area (Å²) in [6.07, 6.45) is 0. The van der Waals surface area contributed by atoms with E-state index >= 15 is 0 Å². The van der Waals surface area contributed by atoms with Crippen LogP contribution in [0.4, 0.5) is 0 Å². The SMILES string of the molecule is CCNC1=C(N2CC2)C(=O)C(NCC)=C(N2CC2)C1=O. The highest BCUT2D eigenvalue weighted by atomic mass is 16.1. The Bertz CT molecular complexity index is 479. The number of carbonyl (C=O) groups excluding carboxylic acids is 2. The molecule has 0 aromatic heterocycles. The summed E-state index contributed by atoms with van der Waals surface area (Å²) in [4.78, 5) is 29.4. The molecule has 0 saturated carbocycles. The van der Waals surface area contributed by atoms with Crippen molar-refractivity contribution in [2.24, 2.45) is 0 Å². The molecule has 2 fully saturated rings. The average Bonchev–Trinajstić information content (AvgIpc) is 3.26.